The van der Waals surface area contributed by atoms with Gasteiger partial charge in [-0.1, -0.05) is 65.8 Å². The molecule has 1 aliphatic rings. The number of carbonyl (C=O) groups is 1. The van der Waals surface area contributed by atoms with E-state index >= 15 is 0 Å². The number of carbonyl (C=O) groups excluding carboxylic acids is 1. The fourth-order valence-corrected chi connectivity index (χ4v) is 5.06. The molecule has 4 rings (SSSR count). The SMILES string of the molecule is CCONC(=O)c1ccc(CSc2nc(Cl)cc(N3CCC(Cc4ccccc4)CC3)n2)cc1. The second kappa shape index (κ2) is 12.2. The van der Waals surface area contributed by atoms with E-state index in [2.05, 4.69) is 45.7 Å². The van der Waals surface area contributed by atoms with Crippen LogP contribution in [0.1, 0.15) is 41.3 Å². The zero-order valence-corrected chi connectivity index (χ0v) is 20.8. The Hall–Kier alpha value is -2.61. The minimum Gasteiger partial charge on any atom is -0.356 e. The van der Waals surface area contributed by atoms with E-state index in [9.17, 15) is 4.79 Å². The Morgan fingerprint density at radius 3 is 2.53 bits per heavy atom. The van der Waals surface area contributed by atoms with Crippen molar-refractivity contribution in [2.75, 3.05) is 24.6 Å². The first-order valence-corrected chi connectivity index (χ1v) is 12.9. The van der Waals surface area contributed by atoms with E-state index in [-0.39, 0.29) is 5.91 Å². The summed E-state index contributed by atoms with van der Waals surface area (Å²) in [6.07, 6.45) is 3.41. The van der Waals surface area contributed by atoms with Crippen LogP contribution in [0.5, 0.6) is 0 Å². The Morgan fingerprint density at radius 2 is 1.82 bits per heavy atom. The Balaban J connectivity index is 1.31. The zero-order valence-electron chi connectivity index (χ0n) is 19.2. The maximum absolute atomic E-state index is 12.0. The lowest BCUT2D eigenvalue weighted by Gasteiger charge is -2.33. The average Bonchev–Trinajstić information content (AvgIpc) is 2.87. The molecule has 2 heterocycles. The van der Waals surface area contributed by atoms with Crippen LogP contribution in [-0.4, -0.2) is 35.6 Å². The summed E-state index contributed by atoms with van der Waals surface area (Å²) < 4.78 is 0. The van der Waals surface area contributed by atoms with Crippen LogP contribution in [0.25, 0.3) is 0 Å². The van der Waals surface area contributed by atoms with E-state index < -0.39 is 0 Å². The fraction of sp³-hybridized carbons (Fsp3) is 0.346. The highest BCUT2D eigenvalue weighted by molar-refractivity contribution is 7.98. The van der Waals surface area contributed by atoms with Crippen LogP contribution in [0.2, 0.25) is 5.15 Å². The second-order valence-corrected chi connectivity index (χ2v) is 9.63. The molecule has 0 bridgehead atoms. The van der Waals surface area contributed by atoms with Crippen LogP contribution in [0.3, 0.4) is 0 Å². The molecule has 0 unspecified atom stereocenters. The van der Waals surface area contributed by atoms with Crippen molar-refractivity contribution in [2.24, 2.45) is 5.92 Å². The van der Waals surface area contributed by atoms with Gasteiger partial charge < -0.3 is 4.90 Å². The van der Waals surface area contributed by atoms with Crippen LogP contribution in [0.4, 0.5) is 5.82 Å². The van der Waals surface area contributed by atoms with Gasteiger partial charge in [0, 0.05) is 30.5 Å². The number of hydrogen-bond acceptors (Lipinski definition) is 6. The Morgan fingerprint density at radius 1 is 1.09 bits per heavy atom. The van der Waals surface area contributed by atoms with Gasteiger partial charge >= 0.3 is 0 Å². The summed E-state index contributed by atoms with van der Waals surface area (Å²) in [7, 11) is 0. The number of benzene rings is 2. The number of nitrogens with zero attached hydrogens (tertiary/aromatic N) is 3. The van der Waals surface area contributed by atoms with Gasteiger partial charge in [0.15, 0.2) is 5.16 Å². The first kappa shape index (κ1) is 24.5. The largest absolute Gasteiger partial charge is 0.356 e. The zero-order chi connectivity index (χ0) is 23.8. The molecule has 6 nitrogen and oxygen atoms in total. The van der Waals surface area contributed by atoms with Gasteiger partial charge in [-0.25, -0.2) is 15.4 Å². The summed E-state index contributed by atoms with van der Waals surface area (Å²) in [6, 6.07) is 20.0. The minimum atomic E-state index is -0.253. The lowest BCUT2D eigenvalue weighted by atomic mass is 9.90. The lowest BCUT2D eigenvalue weighted by Crippen LogP contribution is -2.35. The van der Waals surface area contributed by atoms with E-state index in [1.54, 1.807) is 12.1 Å². The molecule has 0 radical (unpaired) electrons. The molecule has 0 atom stereocenters. The van der Waals surface area contributed by atoms with Crippen molar-refractivity contribution in [1.29, 1.82) is 0 Å². The van der Waals surface area contributed by atoms with Crippen molar-refractivity contribution >= 4 is 35.1 Å². The smallest absolute Gasteiger partial charge is 0.274 e. The van der Waals surface area contributed by atoms with Gasteiger partial charge in [-0.15, -0.1) is 0 Å². The van der Waals surface area contributed by atoms with Gasteiger partial charge in [0.2, 0.25) is 0 Å². The molecule has 34 heavy (non-hydrogen) atoms. The molecule has 1 amide bonds. The third-order valence-electron chi connectivity index (χ3n) is 5.86. The normalized spacial score (nSPS) is 14.2. The molecule has 3 aromatic rings. The van der Waals surface area contributed by atoms with Crippen LogP contribution >= 0.6 is 23.4 Å². The van der Waals surface area contributed by atoms with Gasteiger partial charge in [-0.3, -0.25) is 9.63 Å². The molecule has 1 N–H and O–H groups in total. The first-order chi connectivity index (χ1) is 16.6. The first-order valence-electron chi connectivity index (χ1n) is 11.6. The summed E-state index contributed by atoms with van der Waals surface area (Å²) in [6.45, 7) is 4.19. The molecule has 2 aromatic carbocycles. The molecule has 178 valence electrons. The number of nitrogens with one attached hydrogen (secondary N) is 1. The summed E-state index contributed by atoms with van der Waals surface area (Å²) in [5.41, 5.74) is 5.44. The minimum absolute atomic E-state index is 0.253. The molecule has 8 heteroatoms. The number of amides is 1. The lowest BCUT2D eigenvalue weighted by molar-refractivity contribution is 0.0364. The van der Waals surface area contributed by atoms with Gasteiger partial charge in [-0.2, -0.15) is 0 Å². The summed E-state index contributed by atoms with van der Waals surface area (Å²) >= 11 is 7.87. The number of thioether (sulfide) groups is 1. The Kier molecular flexibility index (Phi) is 8.79. The third-order valence-corrected chi connectivity index (χ3v) is 6.97. The second-order valence-electron chi connectivity index (χ2n) is 8.30. The monoisotopic (exact) mass is 496 g/mol. The highest BCUT2D eigenvalue weighted by atomic mass is 35.5. The quantitative estimate of drug-likeness (QED) is 0.181. The topological polar surface area (TPSA) is 67.3 Å². The van der Waals surface area contributed by atoms with Crippen molar-refractivity contribution in [1.82, 2.24) is 15.4 Å². The molecular formula is C26H29ClN4O2S. The molecule has 1 fully saturated rings. The van der Waals surface area contributed by atoms with Crippen molar-refractivity contribution in [3.63, 3.8) is 0 Å². The molecule has 1 aromatic heterocycles. The predicted octanol–water partition coefficient (Wildman–Crippen LogP) is 5.56. The molecule has 1 saturated heterocycles. The van der Waals surface area contributed by atoms with Crippen LogP contribution < -0.4 is 10.4 Å². The Bertz CT molecular complexity index is 1070. The van der Waals surface area contributed by atoms with Crippen molar-refractivity contribution in [3.8, 4) is 0 Å². The summed E-state index contributed by atoms with van der Waals surface area (Å²) in [4.78, 5) is 28.4. The third kappa shape index (κ3) is 6.95. The van der Waals surface area contributed by atoms with E-state index in [0.717, 1.165) is 43.7 Å². The van der Waals surface area contributed by atoms with E-state index in [0.29, 0.717) is 34.2 Å². The number of piperidine rings is 1. The number of rotatable bonds is 9. The molecule has 0 spiro atoms. The molecule has 1 aliphatic heterocycles. The standard InChI is InChI=1S/C26H29ClN4O2S/c1-2-33-30-25(32)22-10-8-21(9-11-22)18-34-26-28-23(27)17-24(29-26)31-14-12-20(13-15-31)16-19-6-4-3-5-7-19/h3-11,17,20H,2,12-16,18H2,1H3,(H,30,32). The fourth-order valence-electron chi connectivity index (χ4n) is 4.02. The van der Waals surface area contributed by atoms with Crippen molar-refractivity contribution in [3.05, 3.63) is 82.5 Å². The van der Waals surface area contributed by atoms with Gasteiger partial charge in [0.05, 0.1) is 6.61 Å². The number of aromatic nitrogens is 2. The van der Waals surface area contributed by atoms with Crippen LogP contribution in [-0.2, 0) is 17.0 Å². The molecule has 0 aliphatic carbocycles. The number of hydrogen-bond donors (Lipinski definition) is 1. The van der Waals surface area contributed by atoms with Gasteiger partial charge in [-0.05, 0) is 55.4 Å². The van der Waals surface area contributed by atoms with Crippen LogP contribution in [0.15, 0.2) is 65.8 Å². The maximum atomic E-state index is 12.0. The average molecular weight is 497 g/mol. The number of halogens is 1. The van der Waals surface area contributed by atoms with Gasteiger partial charge in [0.25, 0.3) is 5.91 Å². The summed E-state index contributed by atoms with van der Waals surface area (Å²) in [5, 5.41) is 1.12. The van der Waals surface area contributed by atoms with E-state index in [1.807, 2.05) is 25.1 Å². The predicted molar refractivity (Wildman–Crippen MR) is 137 cm³/mol. The molecular weight excluding hydrogens is 468 g/mol. The number of hydroxylamine groups is 1. The highest BCUT2D eigenvalue weighted by Gasteiger charge is 2.21. The van der Waals surface area contributed by atoms with Gasteiger partial charge in [0.1, 0.15) is 11.0 Å². The maximum Gasteiger partial charge on any atom is 0.274 e. The Labute approximate surface area is 210 Å². The highest BCUT2D eigenvalue weighted by Crippen LogP contribution is 2.28. The van der Waals surface area contributed by atoms with E-state index in [1.165, 1.54) is 17.3 Å². The number of anilines is 1. The summed E-state index contributed by atoms with van der Waals surface area (Å²) in [5.74, 6) is 2.02. The van der Waals surface area contributed by atoms with Crippen molar-refractivity contribution in [2.45, 2.75) is 37.1 Å². The van der Waals surface area contributed by atoms with Crippen molar-refractivity contribution < 1.29 is 9.63 Å². The van der Waals surface area contributed by atoms with Crippen LogP contribution in [0, 0.1) is 5.92 Å². The molecule has 0 saturated carbocycles. The van der Waals surface area contributed by atoms with E-state index in [4.69, 9.17) is 21.4 Å².